The Bertz CT molecular complexity index is 830. The molecule has 1 aliphatic rings. The second kappa shape index (κ2) is 12.1. The van der Waals surface area contributed by atoms with Gasteiger partial charge in [0.25, 0.3) is 0 Å². The van der Waals surface area contributed by atoms with Crippen molar-refractivity contribution in [2.24, 2.45) is 4.99 Å². The number of nitrogens with one attached hydrogen (secondary N) is 2. The van der Waals surface area contributed by atoms with Gasteiger partial charge in [-0.15, -0.1) is 24.0 Å². The molecule has 0 aliphatic carbocycles. The van der Waals surface area contributed by atoms with Crippen molar-refractivity contribution in [2.75, 3.05) is 26.7 Å². The molecule has 1 aliphatic heterocycles. The van der Waals surface area contributed by atoms with Crippen LogP contribution in [-0.2, 0) is 13.0 Å². The normalized spacial score (nSPS) is 15.7. The lowest BCUT2D eigenvalue weighted by Gasteiger charge is -2.33. The number of rotatable bonds is 6. The maximum Gasteiger partial charge on any atom is 0.191 e. The van der Waals surface area contributed by atoms with Crippen LogP contribution in [0.15, 0.2) is 27.7 Å². The molecule has 3 rings (SSSR count). The summed E-state index contributed by atoms with van der Waals surface area (Å²) in [6.07, 6.45) is 3.02. The van der Waals surface area contributed by atoms with Crippen LogP contribution in [-0.4, -0.2) is 48.7 Å². The van der Waals surface area contributed by atoms with Crippen molar-refractivity contribution in [1.29, 1.82) is 0 Å². The van der Waals surface area contributed by atoms with Gasteiger partial charge >= 0.3 is 0 Å². The molecule has 166 valence electrons. The molecule has 0 radical (unpaired) electrons. The van der Waals surface area contributed by atoms with Crippen LogP contribution in [0.2, 0.25) is 10.0 Å². The average molecular weight is 566 g/mol. The number of halogens is 3. The number of aromatic nitrogens is 1. The van der Waals surface area contributed by atoms with Gasteiger partial charge in [-0.2, -0.15) is 0 Å². The molecule has 1 fully saturated rings. The first-order chi connectivity index (χ1) is 14.0. The molecule has 2 heterocycles. The van der Waals surface area contributed by atoms with Gasteiger partial charge in [0.05, 0.1) is 15.7 Å². The van der Waals surface area contributed by atoms with E-state index in [0.29, 0.717) is 16.1 Å². The lowest BCUT2D eigenvalue weighted by Crippen LogP contribution is -2.48. The lowest BCUT2D eigenvalue weighted by atomic mass is 10.0. The van der Waals surface area contributed by atoms with Gasteiger partial charge in [0.2, 0.25) is 0 Å². The van der Waals surface area contributed by atoms with E-state index in [9.17, 15) is 0 Å². The summed E-state index contributed by atoms with van der Waals surface area (Å²) in [5.41, 5.74) is 3.33. The second-order valence-corrected chi connectivity index (χ2v) is 8.31. The third kappa shape index (κ3) is 7.00. The zero-order chi connectivity index (χ0) is 20.8. The smallest absolute Gasteiger partial charge is 0.191 e. The second-order valence-electron chi connectivity index (χ2n) is 7.49. The van der Waals surface area contributed by atoms with Crippen LogP contribution in [0.25, 0.3) is 0 Å². The summed E-state index contributed by atoms with van der Waals surface area (Å²) in [6.45, 7) is 7.69. The Balaban J connectivity index is 0.00000320. The van der Waals surface area contributed by atoms with E-state index in [-0.39, 0.29) is 24.0 Å². The number of benzene rings is 1. The minimum atomic E-state index is 0. The Labute approximate surface area is 205 Å². The van der Waals surface area contributed by atoms with E-state index in [2.05, 4.69) is 25.7 Å². The molecule has 0 atom stereocenters. The highest BCUT2D eigenvalue weighted by atomic mass is 127. The van der Waals surface area contributed by atoms with E-state index < -0.39 is 0 Å². The molecule has 0 unspecified atom stereocenters. The summed E-state index contributed by atoms with van der Waals surface area (Å²) in [5.74, 6) is 1.74. The Morgan fingerprint density at radius 2 is 1.97 bits per heavy atom. The molecule has 0 spiro atoms. The monoisotopic (exact) mass is 565 g/mol. The summed E-state index contributed by atoms with van der Waals surface area (Å²) < 4.78 is 5.22. The number of piperidine rings is 1. The van der Waals surface area contributed by atoms with Crippen LogP contribution in [0, 0.1) is 13.8 Å². The van der Waals surface area contributed by atoms with Crippen LogP contribution >= 0.6 is 47.2 Å². The van der Waals surface area contributed by atoms with Crippen molar-refractivity contribution in [3.63, 3.8) is 0 Å². The molecule has 2 aromatic rings. The Morgan fingerprint density at radius 3 is 2.57 bits per heavy atom. The van der Waals surface area contributed by atoms with Crippen LogP contribution in [0.3, 0.4) is 0 Å². The molecule has 1 aromatic heterocycles. The minimum absolute atomic E-state index is 0. The van der Waals surface area contributed by atoms with E-state index in [1.54, 1.807) is 0 Å². The van der Waals surface area contributed by atoms with Gasteiger partial charge in [-0.3, -0.25) is 9.89 Å². The molecule has 9 heteroatoms. The fourth-order valence-corrected chi connectivity index (χ4v) is 4.00. The van der Waals surface area contributed by atoms with Gasteiger partial charge in [0.15, 0.2) is 5.96 Å². The molecular weight excluding hydrogens is 536 g/mol. The molecular formula is C21H30Cl2IN5O. The first kappa shape index (κ1) is 25.2. The maximum absolute atomic E-state index is 6.13. The standard InChI is InChI=1S/C21H29Cl2N5O.HI/c1-14-18(15(2)29-27-14)6-9-25-21(24-3)26-17-7-10-28(11-8-17)13-16-4-5-19(22)20(23)12-16;/h4-5,12,17H,6-11,13H2,1-3H3,(H2,24,25,26);1H. The first-order valence-electron chi connectivity index (χ1n) is 10.0. The zero-order valence-corrected chi connectivity index (χ0v) is 21.5. The largest absolute Gasteiger partial charge is 0.361 e. The average Bonchev–Trinajstić information content (AvgIpc) is 3.03. The molecule has 1 saturated heterocycles. The molecule has 0 bridgehead atoms. The van der Waals surface area contributed by atoms with Gasteiger partial charge in [-0.05, 0) is 50.8 Å². The lowest BCUT2D eigenvalue weighted by molar-refractivity contribution is 0.198. The number of aryl methyl sites for hydroxylation is 2. The van der Waals surface area contributed by atoms with E-state index in [1.165, 1.54) is 11.1 Å². The molecule has 0 amide bonds. The highest BCUT2D eigenvalue weighted by Gasteiger charge is 2.20. The number of aliphatic imine (C=N–C) groups is 1. The van der Waals surface area contributed by atoms with Crippen LogP contribution < -0.4 is 10.6 Å². The van der Waals surface area contributed by atoms with Crippen molar-refractivity contribution in [3.8, 4) is 0 Å². The Kier molecular flexibility index (Phi) is 10.2. The van der Waals surface area contributed by atoms with Gasteiger partial charge in [0, 0.05) is 44.8 Å². The molecule has 2 N–H and O–H groups in total. The van der Waals surface area contributed by atoms with Crippen LogP contribution in [0.1, 0.15) is 35.4 Å². The van der Waals surface area contributed by atoms with Crippen molar-refractivity contribution in [1.82, 2.24) is 20.7 Å². The third-order valence-electron chi connectivity index (χ3n) is 5.39. The quantitative estimate of drug-likeness (QED) is 0.305. The topological polar surface area (TPSA) is 65.7 Å². The number of nitrogens with zero attached hydrogens (tertiary/aromatic N) is 3. The van der Waals surface area contributed by atoms with Crippen molar-refractivity contribution >= 4 is 53.1 Å². The van der Waals surface area contributed by atoms with E-state index in [0.717, 1.165) is 62.9 Å². The van der Waals surface area contributed by atoms with E-state index >= 15 is 0 Å². The molecule has 30 heavy (non-hydrogen) atoms. The number of guanidine groups is 1. The summed E-state index contributed by atoms with van der Waals surface area (Å²) in [4.78, 5) is 6.81. The summed E-state index contributed by atoms with van der Waals surface area (Å²) in [6, 6.07) is 6.29. The fraction of sp³-hybridized carbons (Fsp3) is 0.524. The molecule has 6 nitrogen and oxygen atoms in total. The van der Waals surface area contributed by atoms with Crippen molar-refractivity contribution < 1.29 is 4.52 Å². The van der Waals surface area contributed by atoms with E-state index in [4.69, 9.17) is 27.7 Å². The van der Waals surface area contributed by atoms with Crippen molar-refractivity contribution in [2.45, 2.75) is 45.7 Å². The maximum atomic E-state index is 6.13. The van der Waals surface area contributed by atoms with Gasteiger partial charge in [0.1, 0.15) is 5.76 Å². The Morgan fingerprint density at radius 1 is 1.23 bits per heavy atom. The Hall–Kier alpha value is -1.03. The molecule has 1 aromatic carbocycles. The van der Waals surface area contributed by atoms with Gasteiger partial charge in [-0.1, -0.05) is 34.4 Å². The minimum Gasteiger partial charge on any atom is -0.361 e. The van der Waals surface area contributed by atoms with Crippen molar-refractivity contribution in [3.05, 3.63) is 50.8 Å². The van der Waals surface area contributed by atoms with E-state index in [1.807, 2.05) is 39.1 Å². The summed E-state index contributed by atoms with van der Waals surface area (Å²) in [5, 5.41) is 12.2. The highest BCUT2D eigenvalue weighted by Crippen LogP contribution is 2.24. The number of hydrogen-bond acceptors (Lipinski definition) is 4. The van der Waals surface area contributed by atoms with Gasteiger partial charge in [-0.25, -0.2) is 0 Å². The number of likely N-dealkylation sites (tertiary alicyclic amines) is 1. The number of hydrogen-bond donors (Lipinski definition) is 2. The highest BCUT2D eigenvalue weighted by molar-refractivity contribution is 14.0. The van der Waals surface area contributed by atoms with Gasteiger partial charge < -0.3 is 15.2 Å². The fourth-order valence-electron chi connectivity index (χ4n) is 3.68. The SMILES string of the molecule is CN=C(NCCc1c(C)noc1C)NC1CCN(Cc2ccc(Cl)c(Cl)c2)CC1.I. The molecule has 0 saturated carbocycles. The summed E-state index contributed by atoms with van der Waals surface area (Å²) >= 11 is 12.1. The van der Waals surface area contributed by atoms with Crippen LogP contribution in [0.4, 0.5) is 0 Å². The summed E-state index contributed by atoms with van der Waals surface area (Å²) in [7, 11) is 1.81. The predicted octanol–water partition coefficient (Wildman–Crippen LogP) is 4.59. The first-order valence-corrected chi connectivity index (χ1v) is 10.8. The zero-order valence-electron chi connectivity index (χ0n) is 17.7. The third-order valence-corrected chi connectivity index (χ3v) is 6.13. The van der Waals surface area contributed by atoms with Crippen LogP contribution in [0.5, 0.6) is 0 Å². The predicted molar refractivity (Wildman–Crippen MR) is 134 cm³/mol.